The van der Waals surface area contributed by atoms with Crippen LogP contribution in [0, 0.1) is 6.23 Å². The molecule has 0 unspecified atom stereocenters. The molecule has 1 fully saturated rings. The number of ether oxygens (including phenoxy) is 1. The number of hydrogen-bond donors (Lipinski definition) is 5. The number of nitrogens with zero attached hydrogens (tertiary/aromatic N) is 1. The Bertz CT molecular complexity index is 551. The van der Waals surface area contributed by atoms with Crippen molar-refractivity contribution < 1.29 is 25.2 Å². The number of aliphatic hydroxyl groups excluding tert-OH is 4. The highest BCUT2D eigenvalue weighted by molar-refractivity contribution is 5.05. The van der Waals surface area contributed by atoms with Gasteiger partial charge in [-0.2, -0.15) is 0 Å². The van der Waals surface area contributed by atoms with Crippen molar-refractivity contribution >= 4 is 0 Å². The average Bonchev–Trinajstić information content (AvgIpc) is 2.38. The van der Waals surface area contributed by atoms with Crippen molar-refractivity contribution in [2.45, 2.75) is 24.4 Å². The van der Waals surface area contributed by atoms with Gasteiger partial charge in [0, 0.05) is 12.3 Å². The molecule has 5 N–H and O–H groups in total. The molecule has 2 heterocycles. The maximum Gasteiger partial charge on any atom is 0.330 e. The summed E-state index contributed by atoms with van der Waals surface area (Å²) in [6.07, 6.45) is -5.30. The molecule has 1 saturated heterocycles. The van der Waals surface area contributed by atoms with Crippen LogP contribution in [0.1, 0.15) is 0 Å². The standard InChI is InChI=1S/C10H13N2O7/c13-3-4-6(15)7(16)8(17)9(19-4)12-2-1-5(14)11-10(12)18/h1-2,4,6-8,13,15-17H,3H2,(H,11,14,18)/t4-,6+,7+,8-/m1/s1. The van der Waals surface area contributed by atoms with Gasteiger partial charge in [0.25, 0.3) is 5.56 Å². The van der Waals surface area contributed by atoms with Gasteiger partial charge >= 0.3 is 5.69 Å². The topological polar surface area (TPSA) is 145 Å². The number of nitrogens with one attached hydrogen (secondary N) is 1. The molecule has 1 aliphatic rings. The van der Waals surface area contributed by atoms with Gasteiger partial charge in [-0.3, -0.25) is 14.3 Å². The smallest absolute Gasteiger partial charge is 0.330 e. The van der Waals surface area contributed by atoms with Crippen LogP contribution in [-0.4, -0.2) is 61.0 Å². The summed E-state index contributed by atoms with van der Waals surface area (Å²) in [6, 6.07) is 1.02. The molecule has 19 heavy (non-hydrogen) atoms. The van der Waals surface area contributed by atoms with Crippen molar-refractivity contribution in [2.24, 2.45) is 0 Å². The van der Waals surface area contributed by atoms with Crippen LogP contribution in [-0.2, 0) is 4.74 Å². The second-order valence-corrected chi connectivity index (χ2v) is 4.08. The monoisotopic (exact) mass is 273 g/mol. The van der Waals surface area contributed by atoms with E-state index in [4.69, 9.17) is 9.84 Å². The molecule has 0 spiro atoms. The lowest BCUT2D eigenvalue weighted by Crippen LogP contribution is -2.58. The molecule has 0 aromatic carbocycles. The van der Waals surface area contributed by atoms with Crippen LogP contribution in [0.15, 0.2) is 21.9 Å². The van der Waals surface area contributed by atoms with Gasteiger partial charge in [-0.25, -0.2) is 4.79 Å². The van der Waals surface area contributed by atoms with Gasteiger partial charge in [0.1, 0.15) is 24.4 Å². The molecule has 9 nitrogen and oxygen atoms in total. The Labute approximate surface area is 106 Å². The molecular weight excluding hydrogens is 260 g/mol. The summed E-state index contributed by atoms with van der Waals surface area (Å²) in [6.45, 7) is -0.619. The number of rotatable bonds is 2. The van der Waals surface area contributed by atoms with E-state index in [0.717, 1.165) is 16.8 Å². The van der Waals surface area contributed by atoms with Crippen molar-refractivity contribution in [2.75, 3.05) is 6.61 Å². The zero-order valence-electron chi connectivity index (χ0n) is 9.63. The first kappa shape index (κ1) is 13.9. The second kappa shape index (κ2) is 5.23. The lowest BCUT2D eigenvalue weighted by Gasteiger charge is -2.39. The number of aromatic amines is 1. The summed E-state index contributed by atoms with van der Waals surface area (Å²) in [5, 5.41) is 37.9. The molecule has 0 amide bonds. The third kappa shape index (κ3) is 2.46. The lowest BCUT2D eigenvalue weighted by molar-refractivity contribution is -0.196. The summed E-state index contributed by atoms with van der Waals surface area (Å²) < 4.78 is 5.87. The minimum absolute atomic E-state index is 0.377. The maximum absolute atomic E-state index is 11.6. The quantitative estimate of drug-likeness (QED) is 0.373. The van der Waals surface area contributed by atoms with E-state index < -0.39 is 42.3 Å². The highest BCUT2D eigenvalue weighted by Gasteiger charge is 2.45. The van der Waals surface area contributed by atoms with E-state index in [1.54, 1.807) is 0 Å². The first-order chi connectivity index (χ1) is 8.95. The average molecular weight is 273 g/mol. The number of H-pyrrole nitrogens is 1. The lowest BCUT2D eigenvalue weighted by atomic mass is 9.98. The van der Waals surface area contributed by atoms with Gasteiger partial charge in [0.15, 0.2) is 0 Å². The first-order valence-electron chi connectivity index (χ1n) is 5.46. The Hall–Kier alpha value is -1.52. The van der Waals surface area contributed by atoms with Crippen LogP contribution in [0.2, 0.25) is 0 Å². The third-order valence-corrected chi connectivity index (χ3v) is 2.82. The van der Waals surface area contributed by atoms with E-state index in [0.29, 0.717) is 0 Å². The van der Waals surface area contributed by atoms with Crippen molar-refractivity contribution in [3.63, 3.8) is 0 Å². The summed E-state index contributed by atoms with van der Waals surface area (Å²) in [4.78, 5) is 24.4. The minimum atomic E-state index is -1.67. The fourth-order valence-electron chi connectivity index (χ4n) is 1.78. The van der Waals surface area contributed by atoms with Crippen LogP contribution in [0.4, 0.5) is 0 Å². The van der Waals surface area contributed by atoms with Gasteiger partial charge in [-0.05, 0) is 0 Å². The van der Waals surface area contributed by atoms with Crippen molar-refractivity contribution in [3.8, 4) is 0 Å². The van der Waals surface area contributed by atoms with Gasteiger partial charge < -0.3 is 25.2 Å². The minimum Gasteiger partial charge on any atom is -0.394 e. The van der Waals surface area contributed by atoms with E-state index in [9.17, 15) is 24.9 Å². The van der Waals surface area contributed by atoms with Crippen LogP contribution < -0.4 is 11.2 Å². The second-order valence-electron chi connectivity index (χ2n) is 4.08. The highest BCUT2D eigenvalue weighted by Crippen LogP contribution is 2.26. The first-order valence-corrected chi connectivity index (χ1v) is 5.46. The van der Waals surface area contributed by atoms with Gasteiger partial charge in [-0.15, -0.1) is 0 Å². The molecule has 2 rings (SSSR count). The van der Waals surface area contributed by atoms with E-state index in [1.807, 2.05) is 4.98 Å². The predicted octanol–water partition coefficient (Wildman–Crippen LogP) is -3.65. The van der Waals surface area contributed by atoms with Gasteiger partial charge in [-0.1, -0.05) is 0 Å². The summed E-state index contributed by atoms with van der Waals surface area (Å²) in [5.41, 5.74) is -1.51. The molecule has 0 aliphatic carbocycles. The zero-order valence-corrected chi connectivity index (χ0v) is 9.63. The third-order valence-electron chi connectivity index (χ3n) is 2.82. The number of aliphatic hydroxyl groups is 4. The van der Waals surface area contributed by atoms with Gasteiger partial charge in [0.05, 0.1) is 6.61 Å². The fraction of sp³-hybridized carbons (Fsp3) is 0.500. The Balaban J connectivity index is 2.38. The normalized spacial score (nSPS) is 32.4. The summed E-state index contributed by atoms with van der Waals surface area (Å²) in [7, 11) is 0. The van der Waals surface area contributed by atoms with E-state index in [2.05, 4.69) is 0 Å². The van der Waals surface area contributed by atoms with E-state index in [1.165, 1.54) is 0 Å². The molecule has 1 aromatic rings. The molecule has 4 atom stereocenters. The molecule has 1 aromatic heterocycles. The summed E-state index contributed by atoms with van der Waals surface area (Å²) in [5.74, 6) is 0. The maximum atomic E-state index is 11.6. The highest BCUT2D eigenvalue weighted by atomic mass is 16.6. The molecule has 0 bridgehead atoms. The molecule has 1 radical (unpaired) electrons. The van der Waals surface area contributed by atoms with Gasteiger partial charge in [0.2, 0.25) is 6.23 Å². The largest absolute Gasteiger partial charge is 0.394 e. The predicted molar refractivity (Wildman–Crippen MR) is 59.9 cm³/mol. The molecule has 1 aliphatic heterocycles. The van der Waals surface area contributed by atoms with Crippen LogP contribution in [0.5, 0.6) is 0 Å². The van der Waals surface area contributed by atoms with Crippen molar-refractivity contribution in [1.29, 1.82) is 0 Å². The SMILES string of the molecule is O=c1ccn([C]2O[C@H](CO)[C@H](O)[C@H](O)[C@H]2O)c(=O)[nH]1. The number of hydrogen-bond acceptors (Lipinski definition) is 7. The Morgan fingerprint density at radius 2 is 1.95 bits per heavy atom. The Morgan fingerprint density at radius 3 is 2.53 bits per heavy atom. The van der Waals surface area contributed by atoms with Crippen LogP contribution >= 0.6 is 0 Å². The Morgan fingerprint density at radius 1 is 1.26 bits per heavy atom. The zero-order chi connectivity index (χ0) is 14.2. The molecule has 105 valence electrons. The molecule has 0 saturated carbocycles. The summed E-state index contributed by atoms with van der Waals surface area (Å²) >= 11 is 0. The van der Waals surface area contributed by atoms with Crippen molar-refractivity contribution in [1.82, 2.24) is 9.55 Å². The van der Waals surface area contributed by atoms with Crippen LogP contribution in [0.3, 0.4) is 0 Å². The number of aromatic nitrogens is 2. The molecule has 9 heteroatoms. The van der Waals surface area contributed by atoms with E-state index in [-0.39, 0.29) is 6.23 Å². The van der Waals surface area contributed by atoms with E-state index >= 15 is 0 Å². The molecular formula is C10H13N2O7. The Kier molecular flexibility index (Phi) is 3.83. The fourth-order valence-corrected chi connectivity index (χ4v) is 1.78. The van der Waals surface area contributed by atoms with Crippen molar-refractivity contribution in [3.05, 3.63) is 39.3 Å². The van der Waals surface area contributed by atoms with Crippen LogP contribution in [0.25, 0.3) is 0 Å².